The number of carboxylic acid groups (broad SMARTS) is 1. The summed E-state index contributed by atoms with van der Waals surface area (Å²) in [5, 5.41) is 17.4. The summed E-state index contributed by atoms with van der Waals surface area (Å²) >= 11 is 0. The molecule has 1 aliphatic heterocycles. The normalized spacial score (nSPS) is 14.3. The minimum atomic E-state index is -0.987. The van der Waals surface area contributed by atoms with Crippen LogP contribution in [0, 0.1) is 0 Å². The maximum absolute atomic E-state index is 13.0. The Kier molecular flexibility index (Phi) is 5.01. The molecule has 0 saturated heterocycles. The molecule has 33 heavy (non-hydrogen) atoms. The summed E-state index contributed by atoms with van der Waals surface area (Å²) in [7, 11) is 0. The molecule has 2 N–H and O–H groups in total. The number of para-hydroxylation sites is 1. The van der Waals surface area contributed by atoms with Crippen LogP contribution in [0.15, 0.2) is 77.6 Å². The third kappa shape index (κ3) is 3.67. The molecule has 5 rings (SSSR count). The molecular formula is C26H22N4O3. The van der Waals surface area contributed by atoms with E-state index in [4.69, 9.17) is 5.10 Å². The molecule has 0 amide bonds. The number of carbonyl (C=O) groups is 1. The Morgan fingerprint density at radius 1 is 1.00 bits per heavy atom. The molecule has 1 aromatic heterocycles. The van der Waals surface area contributed by atoms with Crippen molar-refractivity contribution in [1.82, 2.24) is 14.8 Å². The van der Waals surface area contributed by atoms with E-state index in [0.29, 0.717) is 17.3 Å². The summed E-state index contributed by atoms with van der Waals surface area (Å²) in [6.07, 6.45) is -0.459. The molecule has 0 spiro atoms. The van der Waals surface area contributed by atoms with Crippen LogP contribution in [0.2, 0.25) is 0 Å². The van der Waals surface area contributed by atoms with E-state index in [0.717, 1.165) is 16.8 Å². The molecule has 0 saturated carbocycles. The fraction of sp³-hybridized carbons (Fsp3) is 0.154. The Hall–Kier alpha value is -4.26. The van der Waals surface area contributed by atoms with Crippen molar-refractivity contribution in [3.63, 3.8) is 0 Å². The number of anilines is 1. The molecule has 2 heterocycles. The van der Waals surface area contributed by atoms with Gasteiger partial charge in [-0.15, -0.1) is 0 Å². The van der Waals surface area contributed by atoms with Crippen LogP contribution in [0.5, 0.6) is 0 Å². The summed E-state index contributed by atoms with van der Waals surface area (Å²) in [6.45, 7) is 4.23. The van der Waals surface area contributed by atoms with Gasteiger partial charge in [-0.05, 0) is 41.3 Å². The molecule has 1 aliphatic rings. The average molecular weight is 438 g/mol. The number of nitrogens with zero attached hydrogens (tertiary/aromatic N) is 3. The lowest BCUT2D eigenvalue weighted by molar-refractivity contribution is 0.0697. The Labute approximate surface area is 190 Å². The van der Waals surface area contributed by atoms with Gasteiger partial charge in [0.2, 0.25) is 0 Å². The fourth-order valence-corrected chi connectivity index (χ4v) is 4.01. The summed E-state index contributed by atoms with van der Waals surface area (Å²) in [5.41, 5.74) is 4.36. The first-order valence-corrected chi connectivity index (χ1v) is 10.7. The standard InChI is InChI=1S/C26H22N4O3/c1-15(2)16-7-9-17(10-8-16)22-25(31)28-24-20-5-3-4-6-21(20)27-23(30(24)29-22)18-11-13-19(14-12-18)26(32)33/h3-15,23,27H,1-2H3,(H,32,33)/t23-/m1/s1. The van der Waals surface area contributed by atoms with Crippen molar-refractivity contribution in [3.05, 3.63) is 99.8 Å². The smallest absolute Gasteiger partial charge is 0.335 e. The molecule has 0 bridgehead atoms. The number of hydrogen-bond acceptors (Lipinski definition) is 5. The second kappa shape index (κ2) is 8.02. The quantitative estimate of drug-likeness (QED) is 0.477. The molecule has 0 unspecified atom stereocenters. The first-order valence-electron chi connectivity index (χ1n) is 10.7. The van der Waals surface area contributed by atoms with Crippen LogP contribution in [0.3, 0.4) is 0 Å². The minimum Gasteiger partial charge on any atom is -0.478 e. The monoisotopic (exact) mass is 438 g/mol. The van der Waals surface area contributed by atoms with Crippen LogP contribution in [-0.2, 0) is 0 Å². The predicted molar refractivity (Wildman–Crippen MR) is 126 cm³/mol. The predicted octanol–water partition coefficient (Wildman–Crippen LogP) is 4.77. The first kappa shape index (κ1) is 20.6. The van der Waals surface area contributed by atoms with E-state index in [1.165, 1.54) is 5.56 Å². The fourth-order valence-electron chi connectivity index (χ4n) is 4.01. The molecule has 0 aliphatic carbocycles. The summed E-state index contributed by atoms with van der Waals surface area (Å²) < 4.78 is 1.70. The SMILES string of the molecule is CC(C)c1ccc(-c2nn3c(nc2=O)-c2ccccc2N[C@H]3c2ccc(C(=O)O)cc2)cc1. The highest BCUT2D eigenvalue weighted by Crippen LogP contribution is 2.36. The highest BCUT2D eigenvalue weighted by atomic mass is 16.4. The van der Waals surface area contributed by atoms with Gasteiger partial charge < -0.3 is 10.4 Å². The molecular weight excluding hydrogens is 416 g/mol. The summed E-state index contributed by atoms with van der Waals surface area (Å²) in [5.74, 6) is -0.141. The minimum absolute atomic E-state index is 0.201. The summed E-state index contributed by atoms with van der Waals surface area (Å²) in [4.78, 5) is 28.7. The molecule has 7 heteroatoms. The maximum atomic E-state index is 13.0. The molecule has 3 aromatic carbocycles. The molecule has 4 aromatic rings. The van der Waals surface area contributed by atoms with Gasteiger partial charge in [0.25, 0.3) is 5.56 Å². The van der Waals surface area contributed by atoms with Crippen molar-refractivity contribution < 1.29 is 9.90 Å². The number of aromatic carboxylic acids is 1. The lowest BCUT2D eigenvalue weighted by atomic mass is 10.0. The van der Waals surface area contributed by atoms with Crippen molar-refractivity contribution in [3.8, 4) is 22.6 Å². The van der Waals surface area contributed by atoms with E-state index in [1.807, 2.05) is 48.5 Å². The van der Waals surface area contributed by atoms with Gasteiger partial charge in [-0.1, -0.05) is 62.4 Å². The largest absolute Gasteiger partial charge is 0.478 e. The average Bonchev–Trinajstić information content (AvgIpc) is 2.83. The van der Waals surface area contributed by atoms with Crippen molar-refractivity contribution in [1.29, 1.82) is 0 Å². The first-order chi connectivity index (χ1) is 15.9. The second-order valence-electron chi connectivity index (χ2n) is 8.33. The van der Waals surface area contributed by atoms with E-state index >= 15 is 0 Å². The van der Waals surface area contributed by atoms with E-state index in [2.05, 4.69) is 24.1 Å². The highest BCUT2D eigenvalue weighted by molar-refractivity contribution is 5.87. The number of aromatic nitrogens is 3. The third-order valence-electron chi connectivity index (χ3n) is 5.86. The number of benzene rings is 3. The van der Waals surface area contributed by atoms with Gasteiger partial charge in [-0.25, -0.2) is 9.48 Å². The zero-order valence-corrected chi connectivity index (χ0v) is 18.2. The van der Waals surface area contributed by atoms with Crippen molar-refractivity contribution >= 4 is 11.7 Å². The number of carboxylic acids is 1. The van der Waals surface area contributed by atoms with Crippen LogP contribution >= 0.6 is 0 Å². The lowest BCUT2D eigenvalue weighted by Crippen LogP contribution is -2.32. The highest BCUT2D eigenvalue weighted by Gasteiger charge is 2.28. The van der Waals surface area contributed by atoms with Crippen LogP contribution in [0.4, 0.5) is 5.69 Å². The van der Waals surface area contributed by atoms with Gasteiger partial charge in [-0.3, -0.25) is 4.79 Å². The number of nitrogens with one attached hydrogen (secondary N) is 1. The van der Waals surface area contributed by atoms with Crippen LogP contribution < -0.4 is 10.9 Å². The Morgan fingerprint density at radius 3 is 2.36 bits per heavy atom. The van der Waals surface area contributed by atoms with Gasteiger partial charge >= 0.3 is 5.97 Å². The Balaban J connectivity index is 1.67. The molecule has 164 valence electrons. The van der Waals surface area contributed by atoms with Gasteiger partial charge in [0.1, 0.15) is 6.17 Å². The van der Waals surface area contributed by atoms with Crippen LogP contribution in [0.25, 0.3) is 22.6 Å². The van der Waals surface area contributed by atoms with Crippen LogP contribution in [0.1, 0.15) is 47.4 Å². The number of fused-ring (bicyclic) bond motifs is 3. The number of hydrogen-bond donors (Lipinski definition) is 2. The van der Waals surface area contributed by atoms with E-state index in [9.17, 15) is 14.7 Å². The third-order valence-corrected chi connectivity index (χ3v) is 5.86. The van der Waals surface area contributed by atoms with Gasteiger partial charge in [0.05, 0.1) is 5.56 Å². The Morgan fingerprint density at radius 2 is 1.70 bits per heavy atom. The van der Waals surface area contributed by atoms with Crippen molar-refractivity contribution in [2.24, 2.45) is 0 Å². The van der Waals surface area contributed by atoms with E-state index < -0.39 is 17.7 Å². The summed E-state index contributed by atoms with van der Waals surface area (Å²) in [6, 6.07) is 22.0. The molecule has 0 fully saturated rings. The number of rotatable bonds is 4. The van der Waals surface area contributed by atoms with Gasteiger partial charge in [-0.2, -0.15) is 10.1 Å². The Bertz CT molecular complexity index is 1410. The molecule has 1 atom stereocenters. The molecule has 7 nitrogen and oxygen atoms in total. The van der Waals surface area contributed by atoms with E-state index in [1.54, 1.807) is 28.9 Å². The van der Waals surface area contributed by atoms with Gasteiger partial charge in [0.15, 0.2) is 11.5 Å². The maximum Gasteiger partial charge on any atom is 0.335 e. The lowest BCUT2D eigenvalue weighted by Gasteiger charge is -2.30. The van der Waals surface area contributed by atoms with E-state index in [-0.39, 0.29) is 11.3 Å². The topological polar surface area (TPSA) is 97.1 Å². The van der Waals surface area contributed by atoms with Crippen LogP contribution in [-0.4, -0.2) is 25.8 Å². The zero-order chi connectivity index (χ0) is 23.1. The van der Waals surface area contributed by atoms with Gasteiger partial charge in [0, 0.05) is 16.8 Å². The zero-order valence-electron chi connectivity index (χ0n) is 18.2. The second-order valence-corrected chi connectivity index (χ2v) is 8.33. The van der Waals surface area contributed by atoms with Crippen molar-refractivity contribution in [2.75, 3.05) is 5.32 Å². The van der Waals surface area contributed by atoms with Crippen molar-refractivity contribution in [2.45, 2.75) is 25.9 Å². The molecule has 0 radical (unpaired) electrons.